The SMILES string of the molecule is CCCCCCNC(=O)Nc1cc2c3c(c1)C(c1ccccc1)CCN3CCC2c1ccccc1. The third-order valence-electron chi connectivity index (χ3n) is 7.59. The van der Waals surface area contributed by atoms with Gasteiger partial charge in [0.15, 0.2) is 0 Å². The second-order valence-electron chi connectivity index (χ2n) is 9.94. The normalized spacial score (nSPS) is 18.6. The van der Waals surface area contributed by atoms with Crippen molar-refractivity contribution >= 4 is 17.4 Å². The van der Waals surface area contributed by atoms with E-state index in [0.29, 0.717) is 11.8 Å². The zero-order valence-corrected chi connectivity index (χ0v) is 20.8. The zero-order valence-electron chi connectivity index (χ0n) is 20.8. The first-order chi connectivity index (χ1) is 17.2. The van der Waals surface area contributed by atoms with E-state index in [-0.39, 0.29) is 6.03 Å². The van der Waals surface area contributed by atoms with Crippen LogP contribution in [0.4, 0.5) is 16.2 Å². The number of unbranched alkanes of at least 4 members (excludes halogenated alkanes) is 3. The Kier molecular flexibility index (Phi) is 7.37. The molecule has 0 aliphatic carbocycles. The van der Waals surface area contributed by atoms with Crippen LogP contribution in [0.1, 0.15) is 79.5 Å². The Bertz CT molecular complexity index is 1060. The quantitative estimate of drug-likeness (QED) is 0.342. The van der Waals surface area contributed by atoms with E-state index in [1.165, 1.54) is 40.8 Å². The molecule has 2 amide bonds. The number of urea groups is 1. The molecule has 3 aromatic rings. The molecule has 0 spiro atoms. The second kappa shape index (κ2) is 11.0. The van der Waals surface area contributed by atoms with Crippen LogP contribution < -0.4 is 15.5 Å². The standard InChI is InChI=1S/C31H37N3O/c1-2-3-4-11-18-32-31(35)33-25-21-28-26(23-12-7-5-8-13-23)16-19-34-20-17-27(29(22-25)30(28)34)24-14-9-6-10-15-24/h5-10,12-15,21-22,26-27H,2-4,11,16-20H2,1H3,(H2,32,33,35). The summed E-state index contributed by atoms with van der Waals surface area (Å²) in [6.45, 7) is 5.07. The number of anilines is 2. The van der Waals surface area contributed by atoms with Gasteiger partial charge in [-0.15, -0.1) is 0 Å². The van der Waals surface area contributed by atoms with Gasteiger partial charge in [0, 0.05) is 42.8 Å². The van der Waals surface area contributed by atoms with Crippen molar-refractivity contribution in [3.8, 4) is 0 Å². The zero-order chi connectivity index (χ0) is 24.0. The molecule has 35 heavy (non-hydrogen) atoms. The summed E-state index contributed by atoms with van der Waals surface area (Å²) in [6, 6.07) is 26.0. The van der Waals surface area contributed by atoms with Crippen molar-refractivity contribution in [3.63, 3.8) is 0 Å². The van der Waals surface area contributed by atoms with Crippen molar-refractivity contribution in [3.05, 3.63) is 95.1 Å². The third-order valence-corrected chi connectivity index (χ3v) is 7.59. The summed E-state index contributed by atoms with van der Waals surface area (Å²) in [5.74, 6) is 0.684. The minimum atomic E-state index is -0.107. The topological polar surface area (TPSA) is 44.4 Å². The fourth-order valence-corrected chi connectivity index (χ4v) is 5.86. The molecule has 3 aromatic carbocycles. The predicted octanol–water partition coefficient (Wildman–Crippen LogP) is 7.27. The number of carbonyl (C=O) groups excluding carboxylic acids is 1. The van der Waals surface area contributed by atoms with E-state index in [1.54, 1.807) is 0 Å². The van der Waals surface area contributed by atoms with Gasteiger partial charge in [-0.1, -0.05) is 86.8 Å². The second-order valence-corrected chi connectivity index (χ2v) is 9.94. The van der Waals surface area contributed by atoms with E-state index in [2.05, 4.69) is 95.3 Å². The number of carbonyl (C=O) groups is 1. The summed E-state index contributed by atoms with van der Waals surface area (Å²) in [4.78, 5) is 15.3. The van der Waals surface area contributed by atoms with Gasteiger partial charge in [-0.25, -0.2) is 4.79 Å². The first kappa shape index (κ1) is 23.5. The van der Waals surface area contributed by atoms with Gasteiger partial charge in [-0.2, -0.15) is 0 Å². The summed E-state index contributed by atoms with van der Waals surface area (Å²) in [7, 11) is 0. The van der Waals surface area contributed by atoms with Gasteiger partial charge in [0.05, 0.1) is 0 Å². The van der Waals surface area contributed by atoms with Crippen molar-refractivity contribution < 1.29 is 4.79 Å². The van der Waals surface area contributed by atoms with Crippen LogP contribution in [-0.2, 0) is 0 Å². The van der Waals surface area contributed by atoms with Gasteiger partial charge in [0.1, 0.15) is 0 Å². The van der Waals surface area contributed by atoms with E-state index in [0.717, 1.165) is 51.0 Å². The molecule has 5 rings (SSSR count). The number of rotatable bonds is 8. The number of nitrogens with one attached hydrogen (secondary N) is 2. The molecule has 2 aliphatic rings. The number of hydrogen-bond acceptors (Lipinski definition) is 2. The molecule has 2 unspecified atom stereocenters. The first-order valence-electron chi connectivity index (χ1n) is 13.3. The van der Waals surface area contributed by atoms with Crippen molar-refractivity contribution in [1.29, 1.82) is 0 Å². The van der Waals surface area contributed by atoms with E-state index in [9.17, 15) is 4.79 Å². The maximum atomic E-state index is 12.8. The monoisotopic (exact) mass is 467 g/mol. The van der Waals surface area contributed by atoms with E-state index in [1.807, 2.05) is 0 Å². The molecule has 0 radical (unpaired) electrons. The smallest absolute Gasteiger partial charge is 0.319 e. The lowest BCUT2D eigenvalue weighted by atomic mass is 9.76. The van der Waals surface area contributed by atoms with Gasteiger partial charge in [0.25, 0.3) is 0 Å². The largest absolute Gasteiger partial charge is 0.371 e. The summed E-state index contributed by atoms with van der Waals surface area (Å²) in [5, 5.41) is 6.23. The highest BCUT2D eigenvalue weighted by molar-refractivity contribution is 5.90. The van der Waals surface area contributed by atoms with Crippen LogP contribution in [0.3, 0.4) is 0 Å². The van der Waals surface area contributed by atoms with Crippen molar-refractivity contribution in [2.75, 3.05) is 29.9 Å². The molecule has 2 atom stereocenters. The van der Waals surface area contributed by atoms with E-state index < -0.39 is 0 Å². The lowest BCUT2D eigenvalue weighted by molar-refractivity contribution is 0.252. The van der Waals surface area contributed by atoms with Crippen molar-refractivity contribution in [1.82, 2.24) is 5.32 Å². The molecule has 0 aromatic heterocycles. The molecule has 4 heteroatoms. The van der Waals surface area contributed by atoms with Crippen LogP contribution in [0.2, 0.25) is 0 Å². The lowest BCUT2D eigenvalue weighted by Gasteiger charge is -2.43. The van der Waals surface area contributed by atoms with E-state index >= 15 is 0 Å². The number of nitrogens with zero attached hydrogens (tertiary/aromatic N) is 1. The van der Waals surface area contributed by atoms with Crippen LogP contribution in [0.15, 0.2) is 72.8 Å². The molecule has 2 N–H and O–H groups in total. The molecule has 0 saturated heterocycles. The Labute approximate surface area is 209 Å². The van der Waals surface area contributed by atoms with Gasteiger partial charge in [-0.05, 0) is 53.6 Å². The van der Waals surface area contributed by atoms with E-state index in [4.69, 9.17) is 0 Å². The third kappa shape index (κ3) is 5.22. The van der Waals surface area contributed by atoms with Crippen LogP contribution in [0.5, 0.6) is 0 Å². The Balaban J connectivity index is 1.49. The molecule has 0 bridgehead atoms. The number of hydrogen-bond donors (Lipinski definition) is 2. The Morgan fingerprint density at radius 2 is 1.40 bits per heavy atom. The van der Waals surface area contributed by atoms with Crippen LogP contribution >= 0.6 is 0 Å². The minimum Gasteiger partial charge on any atom is -0.371 e. The van der Waals surface area contributed by atoms with Crippen molar-refractivity contribution in [2.45, 2.75) is 57.3 Å². The van der Waals surface area contributed by atoms with Crippen LogP contribution in [0.25, 0.3) is 0 Å². The maximum Gasteiger partial charge on any atom is 0.319 e. The minimum absolute atomic E-state index is 0.107. The molecular weight excluding hydrogens is 430 g/mol. The molecule has 4 nitrogen and oxygen atoms in total. The Hall–Kier alpha value is -3.27. The lowest BCUT2D eigenvalue weighted by Crippen LogP contribution is -2.38. The summed E-state index contributed by atoms with van der Waals surface area (Å²) < 4.78 is 0. The number of benzene rings is 3. The van der Waals surface area contributed by atoms with Crippen molar-refractivity contribution in [2.24, 2.45) is 0 Å². The fraction of sp³-hybridized carbons (Fsp3) is 0.387. The average molecular weight is 468 g/mol. The van der Waals surface area contributed by atoms with Gasteiger partial charge >= 0.3 is 6.03 Å². The fourth-order valence-electron chi connectivity index (χ4n) is 5.86. The molecule has 0 saturated carbocycles. The molecule has 2 heterocycles. The predicted molar refractivity (Wildman–Crippen MR) is 146 cm³/mol. The Morgan fingerprint density at radius 1 is 0.829 bits per heavy atom. The van der Waals surface area contributed by atoms with Gasteiger partial charge < -0.3 is 15.5 Å². The van der Waals surface area contributed by atoms with Gasteiger partial charge in [0.2, 0.25) is 0 Å². The molecule has 0 fully saturated rings. The summed E-state index contributed by atoms with van der Waals surface area (Å²) in [5.41, 5.74) is 7.69. The highest BCUT2D eigenvalue weighted by Gasteiger charge is 2.35. The average Bonchev–Trinajstić information content (AvgIpc) is 2.90. The van der Waals surface area contributed by atoms with Gasteiger partial charge in [-0.3, -0.25) is 0 Å². The van der Waals surface area contributed by atoms with Crippen LogP contribution in [-0.4, -0.2) is 25.7 Å². The summed E-state index contributed by atoms with van der Waals surface area (Å²) >= 11 is 0. The summed E-state index contributed by atoms with van der Waals surface area (Å²) in [6.07, 6.45) is 6.80. The maximum absolute atomic E-state index is 12.8. The highest BCUT2D eigenvalue weighted by Crippen LogP contribution is 2.49. The Morgan fingerprint density at radius 3 is 1.94 bits per heavy atom. The highest BCUT2D eigenvalue weighted by atomic mass is 16.2. The molecule has 182 valence electrons. The number of amides is 2. The molecular formula is C31H37N3O. The first-order valence-corrected chi connectivity index (χ1v) is 13.3. The molecule has 2 aliphatic heterocycles. The van der Waals surface area contributed by atoms with Crippen LogP contribution in [0, 0.1) is 0 Å².